The number of aliphatic hydroxyl groups is 1. The zero-order valence-electron chi connectivity index (χ0n) is 7.21. The highest BCUT2D eigenvalue weighted by Crippen LogP contribution is 2.34. The molecule has 0 aromatic carbocycles. The number of alkyl halides is 1. The third kappa shape index (κ3) is 1.10. The Morgan fingerprint density at radius 1 is 1.58 bits per heavy atom. The van der Waals surface area contributed by atoms with E-state index in [9.17, 15) is 14.3 Å². The molecular weight excluding hydrogens is 163 g/mol. The van der Waals surface area contributed by atoms with Crippen molar-refractivity contribution in [3.8, 4) is 0 Å². The van der Waals surface area contributed by atoms with E-state index in [2.05, 4.69) is 0 Å². The number of aliphatic hydroxyl groups excluding tert-OH is 1. The molecule has 0 amide bonds. The van der Waals surface area contributed by atoms with Gasteiger partial charge in [0.25, 0.3) is 0 Å². The van der Waals surface area contributed by atoms with E-state index in [0.717, 1.165) is 0 Å². The lowest BCUT2D eigenvalue weighted by atomic mass is 9.90. The average molecular weight is 176 g/mol. The topological polar surface area (TPSA) is 46.5 Å². The molecule has 3 nitrogen and oxygen atoms in total. The number of rotatable bonds is 2. The number of cyclic esters (lactones) is 1. The number of esters is 1. The summed E-state index contributed by atoms with van der Waals surface area (Å²) in [5, 5.41) is 9.36. The maximum Gasteiger partial charge on any atom is 0.344 e. The van der Waals surface area contributed by atoms with Crippen molar-refractivity contribution in [2.45, 2.75) is 44.6 Å². The van der Waals surface area contributed by atoms with Gasteiger partial charge in [-0.15, -0.1) is 0 Å². The Hall–Kier alpha value is -0.640. The summed E-state index contributed by atoms with van der Waals surface area (Å²) in [6.07, 6.45) is -2.29. The average Bonchev–Trinajstić information content (AvgIpc) is 2.30. The number of hydrogen-bond acceptors (Lipinski definition) is 3. The molecule has 1 saturated heterocycles. The molecule has 0 bridgehead atoms. The smallest absolute Gasteiger partial charge is 0.344 e. The first-order valence-electron chi connectivity index (χ1n) is 4.12. The number of carbonyl (C=O) groups is 1. The highest BCUT2D eigenvalue weighted by Gasteiger charge is 2.53. The summed E-state index contributed by atoms with van der Waals surface area (Å²) in [5.41, 5.74) is -0.990. The summed E-state index contributed by atoms with van der Waals surface area (Å²) in [4.78, 5) is 10.8. The Morgan fingerprint density at radius 3 is 2.25 bits per heavy atom. The maximum atomic E-state index is 12.9. The zero-order chi connectivity index (χ0) is 9.35. The summed E-state index contributed by atoms with van der Waals surface area (Å²) >= 11 is 0. The molecule has 0 aromatic heterocycles. The molecule has 1 heterocycles. The van der Waals surface area contributed by atoms with Gasteiger partial charge in [-0.3, -0.25) is 0 Å². The fourth-order valence-corrected chi connectivity index (χ4v) is 1.53. The van der Waals surface area contributed by atoms with Crippen molar-refractivity contribution in [2.24, 2.45) is 0 Å². The van der Waals surface area contributed by atoms with E-state index in [1.807, 2.05) is 0 Å². The van der Waals surface area contributed by atoms with Crippen LogP contribution in [0.1, 0.15) is 26.7 Å². The van der Waals surface area contributed by atoms with E-state index >= 15 is 0 Å². The van der Waals surface area contributed by atoms with Crippen LogP contribution < -0.4 is 0 Å². The molecule has 12 heavy (non-hydrogen) atoms. The van der Waals surface area contributed by atoms with Gasteiger partial charge in [-0.1, -0.05) is 13.8 Å². The highest BCUT2D eigenvalue weighted by molar-refractivity contribution is 5.78. The molecule has 0 radical (unpaired) electrons. The molecule has 2 unspecified atom stereocenters. The third-order valence-corrected chi connectivity index (χ3v) is 2.54. The van der Waals surface area contributed by atoms with E-state index in [0.29, 0.717) is 12.8 Å². The summed E-state index contributed by atoms with van der Waals surface area (Å²) in [6, 6.07) is 0. The lowest BCUT2D eigenvalue weighted by Crippen LogP contribution is -2.40. The van der Waals surface area contributed by atoms with Crippen molar-refractivity contribution >= 4 is 5.97 Å². The van der Waals surface area contributed by atoms with Crippen molar-refractivity contribution in [1.29, 1.82) is 0 Å². The fraction of sp³-hybridized carbons (Fsp3) is 0.875. The quantitative estimate of drug-likeness (QED) is 0.633. The Morgan fingerprint density at radius 2 is 2.08 bits per heavy atom. The Bertz CT molecular complexity index is 189. The van der Waals surface area contributed by atoms with Gasteiger partial charge < -0.3 is 9.84 Å². The molecule has 4 heteroatoms. The monoisotopic (exact) mass is 176 g/mol. The van der Waals surface area contributed by atoms with Crippen molar-refractivity contribution < 1.29 is 19.0 Å². The second-order valence-corrected chi connectivity index (χ2v) is 3.04. The molecule has 0 aromatic rings. The molecule has 2 atom stereocenters. The second-order valence-electron chi connectivity index (χ2n) is 3.04. The minimum Gasteiger partial charge on any atom is -0.454 e. The van der Waals surface area contributed by atoms with Gasteiger partial charge in [0, 0.05) is 0 Å². The van der Waals surface area contributed by atoms with E-state index in [1.54, 1.807) is 13.8 Å². The van der Waals surface area contributed by atoms with Crippen LogP contribution in [0.2, 0.25) is 0 Å². The molecule has 0 saturated carbocycles. The van der Waals surface area contributed by atoms with Crippen molar-refractivity contribution in [3.05, 3.63) is 0 Å². The van der Waals surface area contributed by atoms with E-state index in [4.69, 9.17) is 4.74 Å². The van der Waals surface area contributed by atoms with Crippen LogP contribution in [-0.4, -0.2) is 29.0 Å². The summed E-state index contributed by atoms with van der Waals surface area (Å²) < 4.78 is 17.7. The first kappa shape index (κ1) is 9.45. The van der Waals surface area contributed by atoms with E-state index in [1.165, 1.54) is 0 Å². The van der Waals surface area contributed by atoms with Gasteiger partial charge in [-0.2, -0.15) is 0 Å². The van der Waals surface area contributed by atoms with E-state index < -0.39 is 23.8 Å². The molecule has 1 rings (SSSR count). The van der Waals surface area contributed by atoms with Gasteiger partial charge in [-0.05, 0) is 12.8 Å². The van der Waals surface area contributed by atoms with Crippen LogP contribution in [0.15, 0.2) is 0 Å². The van der Waals surface area contributed by atoms with Gasteiger partial charge in [0.1, 0.15) is 11.7 Å². The predicted molar refractivity (Wildman–Crippen MR) is 40.3 cm³/mol. The SMILES string of the molecule is CCC1(CC)OC(=O)C(F)C1O. The molecular formula is C8H13FO3. The van der Waals surface area contributed by atoms with Crippen molar-refractivity contribution in [3.63, 3.8) is 0 Å². The van der Waals surface area contributed by atoms with Crippen LogP contribution in [0, 0.1) is 0 Å². The number of hydrogen-bond donors (Lipinski definition) is 1. The molecule has 0 spiro atoms. The molecule has 0 aliphatic carbocycles. The molecule has 1 fully saturated rings. The van der Waals surface area contributed by atoms with Crippen LogP contribution in [0.5, 0.6) is 0 Å². The molecule has 1 aliphatic rings. The first-order chi connectivity index (χ1) is 5.57. The standard InChI is InChI=1S/C8H13FO3/c1-3-8(4-2)6(10)5(9)7(11)12-8/h5-6,10H,3-4H2,1-2H3. The predicted octanol–water partition coefficient (Wildman–Crippen LogP) is 0.801. The lowest BCUT2D eigenvalue weighted by molar-refractivity contribution is -0.153. The summed E-state index contributed by atoms with van der Waals surface area (Å²) in [6.45, 7) is 3.52. The number of carbonyl (C=O) groups excluding carboxylic acids is 1. The Balaban J connectivity index is 2.86. The van der Waals surface area contributed by atoms with Gasteiger partial charge >= 0.3 is 5.97 Å². The van der Waals surface area contributed by atoms with Crippen LogP contribution in [0.3, 0.4) is 0 Å². The Kier molecular flexibility index (Phi) is 2.37. The Labute approximate surface area is 70.5 Å². The van der Waals surface area contributed by atoms with E-state index in [-0.39, 0.29) is 0 Å². The van der Waals surface area contributed by atoms with Crippen LogP contribution in [0.25, 0.3) is 0 Å². The molecule has 70 valence electrons. The molecule has 1 N–H and O–H groups in total. The van der Waals surface area contributed by atoms with Gasteiger partial charge in [0.05, 0.1) is 0 Å². The fourth-order valence-electron chi connectivity index (χ4n) is 1.53. The largest absolute Gasteiger partial charge is 0.454 e. The van der Waals surface area contributed by atoms with Gasteiger partial charge in [0.15, 0.2) is 0 Å². The van der Waals surface area contributed by atoms with Crippen molar-refractivity contribution in [1.82, 2.24) is 0 Å². The lowest BCUT2D eigenvalue weighted by Gasteiger charge is -2.27. The normalized spacial score (nSPS) is 33.5. The van der Waals surface area contributed by atoms with Gasteiger partial charge in [-0.25, -0.2) is 9.18 Å². The third-order valence-electron chi connectivity index (χ3n) is 2.54. The minimum absolute atomic E-state index is 0.441. The highest BCUT2D eigenvalue weighted by atomic mass is 19.1. The number of halogens is 1. The zero-order valence-corrected chi connectivity index (χ0v) is 7.21. The first-order valence-corrected chi connectivity index (χ1v) is 4.12. The summed E-state index contributed by atoms with van der Waals surface area (Å²) in [5.74, 6) is -0.939. The number of ether oxygens (including phenoxy) is 1. The maximum absolute atomic E-state index is 12.9. The second kappa shape index (κ2) is 3.01. The van der Waals surface area contributed by atoms with Crippen LogP contribution in [-0.2, 0) is 9.53 Å². The van der Waals surface area contributed by atoms with Crippen molar-refractivity contribution in [2.75, 3.05) is 0 Å². The van der Waals surface area contributed by atoms with Crippen LogP contribution >= 0.6 is 0 Å². The van der Waals surface area contributed by atoms with Crippen LogP contribution in [0.4, 0.5) is 4.39 Å². The minimum atomic E-state index is -1.87. The molecule has 1 aliphatic heterocycles. The van der Waals surface area contributed by atoms with Gasteiger partial charge in [0.2, 0.25) is 6.17 Å². The summed E-state index contributed by atoms with van der Waals surface area (Å²) in [7, 11) is 0.